The second kappa shape index (κ2) is 7.62. The van der Waals surface area contributed by atoms with E-state index in [1.165, 1.54) is 38.5 Å². The Kier molecular flexibility index (Phi) is 6.13. The molecule has 1 aliphatic carbocycles. The molecule has 0 aromatic carbocycles. The van der Waals surface area contributed by atoms with Crippen molar-refractivity contribution in [3.63, 3.8) is 0 Å². The lowest BCUT2D eigenvalue weighted by Crippen LogP contribution is -2.36. The summed E-state index contributed by atoms with van der Waals surface area (Å²) in [6.07, 6.45) is 12.2. The van der Waals surface area contributed by atoms with Gasteiger partial charge in [0.05, 0.1) is 5.92 Å². The highest BCUT2D eigenvalue weighted by Crippen LogP contribution is 2.39. The average Bonchev–Trinajstić information content (AvgIpc) is 2.41. The molecule has 1 heterocycles. The molecular weight excluding hydrogens is 255 g/mol. The van der Waals surface area contributed by atoms with Crippen LogP contribution in [-0.4, -0.2) is 18.2 Å². The predicted octanol–water partition coefficient (Wildman–Crippen LogP) is 4.18. The summed E-state index contributed by atoms with van der Waals surface area (Å²) in [6.45, 7) is 2.27. The first-order valence-electron chi connectivity index (χ1n) is 8.15. The largest absolute Gasteiger partial charge is 0.462 e. The van der Waals surface area contributed by atoms with Crippen molar-refractivity contribution in [2.75, 3.05) is 6.16 Å². The summed E-state index contributed by atoms with van der Waals surface area (Å²) in [4.78, 5) is 12.2. The van der Waals surface area contributed by atoms with Crippen molar-refractivity contribution in [1.29, 1.82) is 0 Å². The molecule has 110 valence electrons. The Hall–Kier alpha value is -0.100. The lowest BCUT2D eigenvalue weighted by Gasteiger charge is -2.36. The maximum absolute atomic E-state index is 12.2. The molecule has 19 heavy (non-hydrogen) atoms. The number of rotatable bonds is 5. The molecule has 2 fully saturated rings. The van der Waals surface area contributed by atoms with E-state index in [4.69, 9.17) is 4.74 Å². The van der Waals surface area contributed by atoms with E-state index in [0.29, 0.717) is 5.92 Å². The zero-order valence-electron chi connectivity index (χ0n) is 12.3. The zero-order chi connectivity index (χ0) is 13.7. The van der Waals surface area contributed by atoms with Gasteiger partial charge in [-0.25, -0.2) is 0 Å². The van der Waals surface area contributed by atoms with Crippen molar-refractivity contribution in [1.82, 2.24) is 0 Å². The molecule has 3 atom stereocenters. The topological polar surface area (TPSA) is 26.3 Å². The van der Waals surface area contributed by atoms with E-state index in [-0.39, 0.29) is 18.0 Å². The minimum Gasteiger partial charge on any atom is -0.462 e. The Morgan fingerprint density at radius 2 is 1.84 bits per heavy atom. The highest BCUT2D eigenvalue weighted by molar-refractivity contribution is 7.16. The lowest BCUT2D eigenvalue weighted by atomic mass is 9.72. The number of cyclic esters (lactones) is 1. The Bertz CT molecular complexity index is 284. The molecule has 1 saturated carbocycles. The van der Waals surface area contributed by atoms with Crippen LogP contribution in [0.2, 0.25) is 0 Å². The van der Waals surface area contributed by atoms with E-state index in [1.54, 1.807) is 0 Å². The molecule has 0 amide bonds. The van der Waals surface area contributed by atoms with Crippen LogP contribution in [0.25, 0.3) is 0 Å². The van der Waals surface area contributed by atoms with Crippen LogP contribution in [0.1, 0.15) is 64.7 Å². The Labute approximate surface area is 120 Å². The van der Waals surface area contributed by atoms with Gasteiger partial charge in [0.25, 0.3) is 0 Å². The lowest BCUT2D eigenvalue weighted by molar-refractivity contribution is -0.163. The molecule has 3 heteroatoms. The van der Waals surface area contributed by atoms with Crippen LogP contribution < -0.4 is 0 Å². The predicted molar refractivity (Wildman–Crippen MR) is 82.2 cm³/mol. The molecule has 1 aliphatic heterocycles. The summed E-state index contributed by atoms with van der Waals surface area (Å²) in [5.74, 6) is 1.85. The van der Waals surface area contributed by atoms with Crippen molar-refractivity contribution in [3.05, 3.63) is 0 Å². The molecule has 2 aliphatic rings. The van der Waals surface area contributed by atoms with Gasteiger partial charge in [-0.05, 0) is 50.1 Å². The Balaban J connectivity index is 1.79. The van der Waals surface area contributed by atoms with Crippen molar-refractivity contribution in [2.24, 2.45) is 17.8 Å². The number of ether oxygens (including phenoxy) is 1. The van der Waals surface area contributed by atoms with Gasteiger partial charge in [0, 0.05) is 0 Å². The minimum atomic E-state index is 0.105. The number of hydrogen-bond acceptors (Lipinski definition) is 2. The molecule has 0 aromatic heterocycles. The summed E-state index contributed by atoms with van der Waals surface area (Å²) in [6, 6.07) is 0. The van der Waals surface area contributed by atoms with Crippen molar-refractivity contribution in [3.8, 4) is 0 Å². The summed E-state index contributed by atoms with van der Waals surface area (Å²) in [7, 11) is 2.72. The SMILES string of the molecule is CCCC1CCC(C2CCC(CCP)OC2=O)CC1. The van der Waals surface area contributed by atoms with Crippen LogP contribution in [0.3, 0.4) is 0 Å². The average molecular weight is 284 g/mol. The molecule has 0 spiro atoms. The smallest absolute Gasteiger partial charge is 0.309 e. The van der Waals surface area contributed by atoms with Gasteiger partial charge < -0.3 is 4.74 Å². The van der Waals surface area contributed by atoms with Crippen LogP contribution in [0.4, 0.5) is 0 Å². The molecular formula is C16H29O2P. The third-order valence-electron chi connectivity index (χ3n) is 5.03. The van der Waals surface area contributed by atoms with E-state index in [0.717, 1.165) is 31.3 Å². The number of esters is 1. The van der Waals surface area contributed by atoms with E-state index in [1.807, 2.05) is 0 Å². The summed E-state index contributed by atoms with van der Waals surface area (Å²) < 4.78 is 5.61. The fourth-order valence-corrected chi connectivity index (χ4v) is 4.27. The van der Waals surface area contributed by atoms with Gasteiger partial charge in [0.1, 0.15) is 6.10 Å². The normalized spacial score (nSPS) is 36.0. The number of carbonyl (C=O) groups is 1. The molecule has 0 radical (unpaired) electrons. The quantitative estimate of drug-likeness (QED) is 0.559. The highest BCUT2D eigenvalue weighted by atomic mass is 31.0. The number of carbonyl (C=O) groups excluding carboxylic acids is 1. The third kappa shape index (κ3) is 4.18. The van der Waals surface area contributed by atoms with Crippen LogP contribution >= 0.6 is 9.24 Å². The summed E-state index contributed by atoms with van der Waals surface area (Å²) >= 11 is 0. The molecule has 0 N–H and O–H groups in total. The number of hydrogen-bond donors (Lipinski definition) is 0. The van der Waals surface area contributed by atoms with Crippen molar-refractivity contribution < 1.29 is 9.53 Å². The standard InChI is InChI=1S/C16H29O2P/c1-2-3-12-4-6-13(7-5-12)15-9-8-14(10-11-19)18-16(15)17/h12-15H,2-11,19H2,1H3. The van der Waals surface area contributed by atoms with Gasteiger partial charge in [0.2, 0.25) is 0 Å². The molecule has 2 rings (SSSR count). The first kappa shape index (κ1) is 15.3. The molecule has 0 bridgehead atoms. The van der Waals surface area contributed by atoms with E-state index >= 15 is 0 Å². The van der Waals surface area contributed by atoms with Crippen molar-refractivity contribution >= 4 is 15.2 Å². The Morgan fingerprint density at radius 1 is 1.11 bits per heavy atom. The maximum atomic E-state index is 12.2. The van der Waals surface area contributed by atoms with E-state index < -0.39 is 0 Å². The monoisotopic (exact) mass is 284 g/mol. The van der Waals surface area contributed by atoms with Crippen molar-refractivity contribution in [2.45, 2.75) is 70.8 Å². The molecule has 0 aromatic rings. The van der Waals surface area contributed by atoms with Gasteiger partial charge in [-0.3, -0.25) is 4.79 Å². The van der Waals surface area contributed by atoms with Crippen LogP contribution in [0.5, 0.6) is 0 Å². The zero-order valence-corrected chi connectivity index (χ0v) is 13.4. The van der Waals surface area contributed by atoms with E-state index in [2.05, 4.69) is 16.2 Å². The van der Waals surface area contributed by atoms with Crippen LogP contribution in [0, 0.1) is 17.8 Å². The minimum absolute atomic E-state index is 0.105. The van der Waals surface area contributed by atoms with Gasteiger partial charge in [0.15, 0.2) is 0 Å². The first-order chi connectivity index (χ1) is 9.24. The molecule has 3 unspecified atom stereocenters. The first-order valence-corrected chi connectivity index (χ1v) is 8.96. The second-order valence-corrected chi connectivity index (χ2v) is 6.97. The summed E-state index contributed by atoms with van der Waals surface area (Å²) in [5.41, 5.74) is 0. The maximum Gasteiger partial charge on any atom is 0.309 e. The van der Waals surface area contributed by atoms with Crippen LogP contribution in [-0.2, 0) is 9.53 Å². The Morgan fingerprint density at radius 3 is 2.42 bits per heavy atom. The molecule has 2 nitrogen and oxygen atoms in total. The fraction of sp³-hybridized carbons (Fsp3) is 0.938. The van der Waals surface area contributed by atoms with E-state index in [9.17, 15) is 4.79 Å². The summed E-state index contributed by atoms with van der Waals surface area (Å²) in [5, 5.41) is 0. The van der Waals surface area contributed by atoms with Gasteiger partial charge >= 0.3 is 5.97 Å². The third-order valence-corrected chi connectivity index (χ3v) is 5.36. The molecule has 1 saturated heterocycles. The van der Waals surface area contributed by atoms with Crippen LogP contribution in [0.15, 0.2) is 0 Å². The highest BCUT2D eigenvalue weighted by Gasteiger charge is 2.36. The second-order valence-electron chi connectivity index (χ2n) is 6.39. The van der Waals surface area contributed by atoms with Gasteiger partial charge in [-0.15, -0.1) is 9.24 Å². The van der Waals surface area contributed by atoms with Gasteiger partial charge in [-0.1, -0.05) is 32.6 Å². The van der Waals surface area contributed by atoms with Gasteiger partial charge in [-0.2, -0.15) is 0 Å². The fourth-order valence-electron chi connectivity index (χ4n) is 3.90.